The second kappa shape index (κ2) is 8.06. The minimum absolute atomic E-state index is 0.263. The fourth-order valence-electron chi connectivity index (χ4n) is 2.36. The molecule has 0 heterocycles. The Labute approximate surface area is 132 Å². The van der Waals surface area contributed by atoms with Gasteiger partial charge in [0.1, 0.15) is 5.75 Å². The van der Waals surface area contributed by atoms with Crippen molar-refractivity contribution in [2.24, 2.45) is 0 Å². The number of hydrogen-bond acceptors (Lipinski definition) is 2. The van der Waals surface area contributed by atoms with Crippen molar-refractivity contribution in [2.45, 2.75) is 26.3 Å². The van der Waals surface area contributed by atoms with E-state index in [1.807, 2.05) is 30.3 Å². The summed E-state index contributed by atoms with van der Waals surface area (Å²) >= 11 is 6.08. The first kappa shape index (κ1) is 15.9. The second-order valence-corrected chi connectivity index (χ2v) is 5.56. The third-order valence-electron chi connectivity index (χ3n) is 3.37. The van der Waals surface area contributed by atoms with Crippen molar-refractivity contribution in [3.05, 3.63) is 64.7 Å². The van der Waals surface area contributed by atoms with Crippen LogP contribution in [0.25, 0.3) is 0 Å². The van der Waals surface area contributed by atoms with E-state index >= 15 is 0 Å². The molecule has 2 rings (SSSR count). The summed E-state index contributed by atoms with van der Waals surface area (Å²) in [6.07, 6.45) is 0.905. The van der Waals surface area contributed by atoms with E-state index in [0.29, 0.717) is 6.61 Å². The SMILES string of the molecule is CCNC(CCOc1cccc(C)c1)c1cccc(Cl)c1. The van der Waals surface area contributed by atoms with Crippen molar-refractivity contribution >= 4 is 11.6 Å². The van der Waals surface area contributed by atoms with Crippen molar-refractivity contribution in [1.82, 2.24) is 5.32 Å². The Hall–Kier alpha value is -1.51. The van der Waals surface area contributed by atoms with Crippen molar-refractivity contribution < 1.29 is 4.74 Å². The molecule has 2 nitrogen and oxygen atoms in total. The van der Waals surface area contributed by atoms with Gasteiger partial charge in [0, 0.05) is 17.5 Å². The van der Waals surface area contributed by atoms with Gasteiger partial charge in [0.25, 0.3) is 0 Å². The second-order valence-electron chi connectivity index (χ2n) is 5.12. The van der Waals surface area contributed by atoms with E-state index in [1.165, 1.54) is 11.1 Å². The average molecular weight is 304 g/mol. The monoisotopic (exact) mass is 303 g/mol. The van der Waals surface area contributed by atoms with Gasteiger partial charge in [0.15, 0.2) is 0 Å². The summed E-state index contributed by atoms with van der Waals surface area (Å²) in [5.41, 5.74) is 2.42. The first-order valence-electron chi connectivity index (χ1n) is 7.37. The van der Waals surface area contributed by atoms with Gasteiger partial charge in [0.2, 0.25) is 0 Å². The number of nitrogens with one attached hydrogen (secondary N) is 1. The largest absolute Gasteiger partial charge is 0.494 e. The number of hydrogen-bond donors (Lipinski definition) is 1. The van der Waals surface area contributed by atoms with Gasteiger partial charge in [0.05, 0.1) is 6.61 Å². The highest BCUT2D eigenvalue weighted by Gasteiger charge is 2.10. The number of halogens is 1. The van der Waals surface area contributed by atoms with Gasteiger partial charge in [-0.3, -0.25) is 0 Å². The van der Waals surface area contributed by atoms with Gasteiger partial charge in [-0.2, -0.15) is 0 Å². The summed E-state index contributed by atoms with van der Waals surface area (Å²) in [4.78, 5) is 0. The maximum Gasteiger partial charge on any atom is 0.119 e. The first-order chi connectivity index (χ1) is 10.2. The number of benzene rings is 2. The Morgan fingerprint density at radius 3 is 2.67 bits per heavy atom. The molecule has 0 saturated heterocycles. The molecule has 0 aliphatic heterocycles. The van der Waals surface area contributed by atoms with Crippen LogP contribution in [0.2, 0.25) is 5.02 Å². The lowest BCUT2D eigenvalue weighted by Crippen LogP contribution is -2.22. The fraction of sp³-hybridized carbons (Fsp3) is 0.333. The van der Waals surface area contributed by atoms with Crippen LogP contribution in [-0.4, -0.2) is 13.2 Å². The Morgan fingerprint density at radius 2 is 1.95 bits per heavy atom. The van der Waals surface area contributed by atoms with Crippen LogP contribution in [-0.2, 0) is 0 Å². The van der Waals surface area contributed by atoms with Gasteiger partial charge < -0.3 is 10.1 Å². The van der Waals surface area contributed by atoms with E-state index in [0.717, 1.165) is 23.7 Å². The van der Waals surface area contributed by atoms with Crippen LogP contribution in [0.1, 0.15) is 30.5 Å². The predicted molar refractivity (Wildman–Crippen MR) is 89.2 cm³/mol. The molecule has 1 N–H and O–H groups in total. The third-order valence-corrected chi connectivity index (χ3v) is 3.60. The van der Waals surface area contributed by atoms with Crippen LogP contribution in [0.4, 0.5) is 0 Å². The van der Waals surface area contributed by atoms with Crippen molar-refractivity contribution in [3.63, 3.8) is 0 Å². The Balaban J connectivity index is 1.94. The smallest absolute Gasteiger partial charge is 0.119 e. The van der Waals surface area contributed by atoms with Crippen LogP contribution < -0.4 is 10.1 Å². The van der Waals surface area contributed by atoms with Crippen molar-refractivity contribution in [3.8, 4) is 5.75 Å². The molecule has 1 atom stereocenters. The summed E-state index contributed by atoms with van der Waals surface area (Å²) in [7, 11) is 0. The molecule has 0 spiro atoms. The van der Waals surface area contributed by atoms with Gasteiger partial charge in [-0.05, 0) is 48.9 Å². The number of aryl methyl sites for hydroxylation is 1. The average Bonchev–Trinajstić information content (AvgIpc) is 2.46. The van der Waals surface area contributed by atoms with E-state index in [1.54, 1.807) is 0 Å². The lowest BCUT2D eigenvalue weighted by atomic mass is 10.0. The molecule has 0 radical (unpaired) electrons. The molecule has 0 aromatic heterocycles. The molecule has 0 aliphatic rings. The fourth-order valence-corrected chi connectivity index (χ4v) is 2.55. The summed E-state index contributed by atoms with van der Waals surface area (Å²) in [6, 6.07) is 16.4. The van der Waals surface area contributed by atoms with E-state index < -0.39 is 0 Å². The van der Waals surface area contributed by atoms with Crippen molar-refractivity contribution in [1.29, 1.82) is 0 Å². The molecule has 1 unspecified atom stereocenters. The van der Waals surface area contributed by atoms with E-state index in [2.05, 4.69) is 37.4 Å². The first-order valence-corrected chi connectivity index (χ1v) is 7.75. The minimum atomic E-state index is 0.263. The number of rotatable bonds is 7. The van der Waals surface area contributed by atoms with Gasteiger partial charge >= 0.3 is 0 Å². The molecular formula is C18H22ClNO. The van der Waals surface area contributed by atoms with Crippen LogP contribution in [0.3, 0.4) is 0 Å². The number of ether oxygens (including phenoxy) is 1. The summed E-state index contributed by atoms with van der Waals surface area (Å²) < 4.78 is 5.84. The van der Waals surface area contributed by atoms with Gasteiger partial charge in [-0.15, -0.1) is 0 Å². The lowest BCUT2D eigenvalue weighted by Gasteiger charge is -2.19. The Bertz CT molecular complexity index is 571. The summed E-state index contributed by atoms with van der Waals surface area (Å²) in [5, 5.41) is 4.26. The maximum atomic E-state index is 6.08. The molecule has 0 aliphatic carbocycles. The van der Waals surface area contributed by atoms with Crippen LogP contribution in [0.5, 0.6) is 5.75 Å². The molecule has 112 valence electrons. The zero-order chi connectivity index (χ0) is 15.1. The molecule has 0 saturated carbocycles. The standard InChI is InChI=1S/C18H22ClNO/c1-3-20-18(15-7-5-8-16(19)13-15)10-11-21-17-9-4-6-14(2)12-17/h4-9,12-13,18,20H,3,10-11H2,1-2H3. The molecule has 3 heteroatoms. The Kier molecular flexibility index (Phi) is 6.09. The summed E-state index contributed by atoms with van der Waals surface area (Å²) in [5.74, 6) is 0.927. The molecule has 0 bridgehead atoms. The van der Waals surface area contributed by atoms with Crippen LogP contribution >= 0.6 is 11.6 Å². The predicted octanol–water partition coefficient (Wildman–Crippen LogP) is 4.77. The molecule has 2 aromatic carbocycles. The third kappa shape index (κ3) is 5.07. The minimum Gasteiger partial charge on any atom is -0.494 e. The van der Waals surface area contributed by atoms with E-state index in [4.69, 9.17) is 16.3 Å². The molecule has 2 aromatic rings. The normalized spacial score (nSPS) is 12.1. The molecule has 21 heavy (non-hydrogen) atoms. The van der Waals surface area contributed by atoms with Crippen LogP contribution in [0, 0.1) is 6.92 Å². The van der Waals surface area contributed by atoms with E-state index in [9.17, 15) is 0 Å². The van der Waals surface area contributed by atoms with Gasteiger partial charge in [-0.25, -0.2) is 0 Å². The van der Waals surface area contributed by atoms with Crippen molar-refractivity contribution in [2.75, 3.05) is 13.2 Å². The molecule has 0 amide bonds. The zero-order valence-corrected chi connectivity index (χ0v) is 13.4. The summed E-state index contributed by atoms with van der Waals surface area (Å²) in [6.45, 7) is 5.77. The quantitative estimate of drug-likeness (QED) is 0.795. The van der Waals surface area contributed by atoms with E-state index in [-0.39, 0.29) is 6.04 Å². The van der Waals surface area contributed by atoms with Crippen LogP contribution in [0.15, 0.2) is 48.5 Å². The maximum absolute atomic E-state index is 6.08. The zero-order valence-electron chi connectivity index (χ0n) is 12.6. The highest BCUT2D eigenvalue weighted by molar-refractivity contribution is 6.30. The molecule has 0 fully saturated rings. The highest BCUT2D eigenvalue weighted by Crippen LogP contribution is 2.21. The van der Waals surface area contributed by atoms with Gasteiger partial charge in [-0.1, -0.05) is 42.8 Å². The highest BCUT2D eigenvalue weighted by atomic mass is 35.5. The Morgan fingerprint density at radius 1 is 1.14 bits per heavy atom. The lowest BCUT2D eigenvalue weighted by molar-refractivity contribution is 0.287. The molecular weight excluding hydrogens is 282 g/mol. The topological polar surface area (TPSA) is 21.3 Å².